The molecular weight excluding hydrogens is 723 g/mol. The lowest BCUT2D eigenvalue weighted by Crippen LogP contribution is -2.10. The summed E-state index contributed by atoms with van der Waals surface area (Å²) < 4.78 is 2.44. The Morgan fingerprint density at radius 3 is 1.59 bits per heavy atom. The van der Waals surface area contributed by atoms with Crippen LogP contribution in [0, 0.1) is 0 Å². The van der Waals surface area contributed by atoms with Gasteiger partial charge in [0.05, 0.1) is 17.1 Å². The number of hydrogen-bond acceptors (Lipinski definition) is 4. The van der Waals surface area contributed by atoms with Gasteiger partial charge in [-0.3, -0.25) is 0 Å². The van der Waals surface area contributed by atoms with Crippen molar-refractivity contribution in [1.82, 2.24) is 9.97 Å². The molecule has 2 aromatic heterocycles. The fourth-order valence-corrected chi connectivity index (χ4v) is 9.41. The molecule has 3 nitrogen and oxygen atoms in total. The predicted molar refractivity (Wildman–Crippen MR) is 246 cm³/mol. The highest BCUT2D eigenvalue weighted by molar-refractivity contribution is 7.26. The highest BCUT2D eigenvalue weighted by atomic mass is 32.1. The Balaban J connectivity index is 1.09. The number of aromatic nitrogens is 2. The van der Waals surface area contributed by atoms with Crippen LogP contribution in [0.15, 0.2) is 212 Å². The summed E-state index contributed by atoms with van der Waals surface area (Å²) in [5.74, 6) is 0.714. The zero-order valence-electron chi connectivity index (χ0n) is 31.5. The van der Waals surface area contributed by atoms with Gasteiger partial charge in [0.2, 0.25) is 0 Å². The quantitative estimate of drug-likeness (QED) is 0.162. The first-order valence-corrected chi connectivity index (χ1v) is 20.4. The maximum absolute atomic E-state index is 5.15. The molecule has 0 aliphatic heterocycles. The van der Waals surface area contributed by atoms with Crippen LogP contribution in [0.5, 0.6) is 0 Å². The minimum Gasteiger partial charge on any atom is -0.310 e. The van der Waals surface area contributed by atoms with Crippen molar-refractivity contribution in [2.24, 2.45) is 0 Å². The molecule has 0 spiro atoms. The molecule has 0 saturated heterocycles. The molecule has 2 heterocycles. The van der Waals surface area contributed by atoms with Crippen LogP contribution in [0.25, 0.3) is 86.7 Å². The van der Waals surface area contributed by atoms with Crippen molar-refractivity contribution in [2.75, 3.05) is 4.90 Å². The number of rotatable bonds is 7. The Bertz CT molecular complexity index is 3210. The van der Waals surface area contributed by atoms with Gasteiger partial charge in [0.1, 0.15) is 0 Å². The van der Waals surface area contributed by atoms with Crippen LogP contribution >= 0.6 is 11.3 Å². The number of nitrogens with zero attached hydrogens (tertiary/aromatic N) is 3. The summed E-state index contributed by atoms with van der Waals surface area (Å²) in [6, 6.07) is 75.7. The molecule has 11 rings (SSSR count). The summed E-state index contributed by atoms with van der Waals surface area (Å²) in [6.07, 6.45) is 0. The van der Waals surface area contributed by atoms with E-state index >= 15 is 0 Å². The van der Waals surface area contributed by atoms with Gasteiger partial charge in [0.25, 0.3) is 0 Å². The zero-order valence-corrected chi connectivity index (χ0v) is 32.3. The fourth-order valence-electron chi connectivity index (χ4n) is 8.21. The van der Waals surface area contributed by atoms with E-state index in [0.717, 1.165) is 45.1 Å². The standard InChI is InChI=1S/C54H35N3S/c1-4-14-36(15-5-1)38-24-28-43(29-25-38)57(44-30-26-37-16-10-11-21-41(37)32-44)50-35-52-53(46-23-13-12-22-45(46)50)47-31-27-42(33-51(47)58-52)54-55-48(39-17-6-2-7-18-39)34-49(56-54)40-19-8-3-9-20-40/h1-35H. The molecule has 0 aliphatic rings. The maximum Gasteiger partial charge on any atom is 0.160 e. The van der Waals surface area contributed by atoms with Crippen molar-refractivity contribution in [3.8, 4) is 45.0 Å². The van der Waals surface area contributed by atoms with Crippen LogP contribution < -0.4 is 4.90 Å². The molecule has 0 unspecified atom stereocenters. The number of anilines is 3. The van der Waals surface area contributed by atoms with Crippen molar-refractivity contribution in [3.63, 3.8) is 0 Å². The average Bonchev–Trinajstić information content (AvgIpc) is 3.68. The van der Waals surface area contributed by atoms with Crippen LogP contribution in [0.2, 0.25) is 0 Å². The smallest absolute Gasteiger partial charge is 0.160 e. The van der Waals surface area contributed by atoms with Crippen molar-refractivity contribution < 1.29 is 0 Å². The average molecular weight is 758 g/mol. The van der Waals surface area contributed by atoms with E-state index < -0.39 is 0 Å². The van der Waals surface area contributed by atoms with Crippen LogP contribution in [-0.4, -0.2) is 9.97 Å². The van der Waals surface area contributed by atoms with Gasteiger partial charge in [-0.05, 0) is 69.8 Å². The number of benzene rings is 9. The van der Waals surface area contributed by atoms with Gasteiger partial charge in [-0.1, -0.05) is 170 Å². The van der Waals surface area contributed by atoms with Crippen molar-refractivity contribution >= 4 is 70.1 Å². The van der Waals surface area contributed by atoms with E-state index in [1.165, 1.54) is 52.8 Å². The van der Waals surface area contributed by atoms with E-state index in [-0.39, 0.29) is 0 Å². The number of fused-ring (bicyclic) bond motifs is 6. The molecule has 0 aliphatic carbocycles. The van der Waals surface area contributed by atoms with Gasteiger partial charge in [-0.25, -0.2) is 9.97 Å². The van der Waals surface area contributed by atoms with Crippen molar-refractivity contribution in [1.29, 1.82) is 0 Å². The Kier molecular flexibility index (Phi) is 8.34. The van der Waals surface area contributed by atoms with Crippen molar-refractivity contribution in [2.45, 2.75) is 0 Å². The molecule has 4 heteroatoms. The highest BCUT2D eigenvalue weighted by Gasteiger charge is 2.21. The van der Waals surface area contributed by atoms with E-state index in [1.807, 2.05) is 23.5 Å². The lowest BCUT2D eigenvalue weighted by molar-refractivity contribution is 1.18. The molecule has 58 heavy (non-hydrogen) atoms. The summed E-state index contributed by atoms with van der Waals surface area (Å²) in [4.78, 5) is 12.7. The summed E-state index contributed by atoms with van der Waals surface area (Å²) in [6.45, 7) is 0. The van der Waals surface area contributed by atoms with Gasteiger partial charge in [-0.2, -0.15) is 0 Å². The molecule has 0 amide bonds. The van der Waals surface area contributed by atoms with E-state index in [4.69, 9.17) is 9.97 Å². The molecule has 0 N–H and O–H groups in total. The van der Waals surface area contributed by atoms with E-state index in [1.54, 1.807) is 0 Å². The van der Waals surface area contributed by atoms with Gasteiger partial charge in [-0.15, -0.1) is 11.3 Å². The molecule has 0 bridgehead atoms. The van der Waals surface area contributed by atoms with Crippen LogP contribution in [0.4, 0.5) is 17.1 Å². The SMILES string of the molecule is c1ccc(-c2ccc(N(c3ccc4ccccc4c3)c3cc4sc5cc(-c6nc(-c7ccccc7)cc(-c7ccccc7)n6)ccc5c4c4ccccc34)cc2)cc1. The second-order valence-corrected chi connectivity index (χ2v) is 15.7. The Labute approximate surface area is 340 Å². The first-order valence-electron chi connectivity index (χ1n) is 19.6. The normalized spacial score (nSPS) is 11.4. The molecule has 0 saturated carbocycles. The zero-order chi connectivity index (χ0) is 38.4. The maximum atomic E-state index is 5.15. The van der Waals surface area contributed by atoms with E-state index in [2.05, 4.69) is 205 Å². The molecule has 0 atom stereocenters. The molecule has 0 fully saturated rings. The third kappa shape index (κ3) is 6.08. The molecular formula is C54H35N3S. The Morgan fingerprint density at radius 2 is 0.897 bits per heavy atom. The van der Waals surface area contributed by atoms with Gasteiger partial charge in [0, 0.05) is 53.6 Å². The minimum absolute atomic E-state index is 0.714. The van der Waals surface area contributed by atoms with E-state index in [9.17, 15) is 0 Å². The fraction of sp³-hybridized carbons (Fsp3) is 0. The topological polar surface area (TPSA) is 29.0 Å². The minimum atomic E-state index is 0.714. The predicted octanol–water partition coefficient (Wildman–Crippen LogP) is 15.3. The Morgan fingerprint density at radius 1 is 0.345 bits per heavy atom. The summed E-state index contributed by atoms with van der Waals surface area (Å²) in [5, 5.41) is 7.37. The van der Waals surface area contributed by atoms with E-state index in [0.29, 0.717) is 5.82 Å². The van der Waals surface area contributed by atoms with Crippen LogP contribution in [-0.2, 0) is 0 Å². The molecule has 11 aromatic rings. The molecule has 9 aromatic carbocycles. The largest absolute Gasteiger partial charge is 0.310 e. The summed E-state index contributed by atoms with van der Waals surface area (Å²) in [5.41, 5.74) is 10.7. The van der Waals surface area contributed by atoms with Gasteiger partial charge in [0.15, 0.2) is 5.82 Å². The second-order valence-electron chi connectivity index (χ2n) is 14.6. The lowest BCUT2D eigenvalue weighted by atomic mass is 9.99. The summed E-state index contributed by atoms with van der Waals surface area (Å²) >= 11 is 1.83. The monoisotopic (exact) mass is 757 g/mol. The van der Waals surface area contributed by atoms with Gasteiger partial charge < -0.3 is 4.90 Å². The lowest BCUT2D eigenvalue weighted by Gasteiger charge is -2.27. The second kappa shape index (κ2) is 14.3. The third-order valence-electron chi connectivity index (χ3n) is 11.0. The van der Waals surface area contributed by atoms with Crippen LogP contribution in [0.3, 0.4) is 0 Å². The van der Waals surface area contributed by atoms with Crippen molar-refractivity contribution in [3.05, 3.63) is 212 Å². The number of thiophene rings is 1. The highest BCUT2D eigenvalue weighted by Crippen LogP contribution is 2.47. The first-order chi connectivity index (χ1) is 28.7. The van der Waals surface area contributed by atoms with Crippen LogP contribution in [0.1, 0.15) is 0 Å². The first kappa shape index (κ1) is 33.9. The number of hydrogen-bond donors (Lipinski definition) is 0. The summed E-state index contributed by atoms with van der Waals surface area (Å²) in [7, 11) is 0. The Hall–Kier alpha value is -7.40. The molecule has 272 valence electrons. The third-order valence-corrected chi connectivity index (χ3v) is 12.1. The molecule has 0 radical (unpaired) electrons. The van der Waals surface area contributed by atoms with Gasteiger partial charge >= 0.3 is 0 Å².